The van der Waals surface area contributed by atoms with Crippen LogP contribution in [0.2, 0.25) is 0 Å². The monoisotopic (exact) mass is 271 g/mol. The number of fused-ring (bicyclic) bond motifs is 1. The number of aromatic nitrogens is 2. The van der Waals surface area contributed by atoms with Crippen LogP contribution in [0.4, 0.5) is 5.69 Å². The normalized spacial score (nSPS) is 14.1. The van der Waals surface area contributed by atoms with Crippen LogP contribution < -0.4 is 4.90 Å². The van der Waals surface area contributed by atoms with Crippen molar-refractivity contribution in [2.75, 3.05) is 4.90 Å². The summed E-state index contributed by atoms with van der Waals surface area (Å²) in [7, 11) is 0. The van der Waals surface area contributed by atoms with Crippen LogP contribution in [0.25, 0.3) is 0 Å². The fourth-order valence-electron chi connectivity index (χ4n) is 2.52. The fourth-order valence-corrected chi connectivity index (χ4v) is 2.52. The maximum atomic E-state index is 12.1. The van der Waals surface area contributed by atoms with Gasteiger partial charge in [0.2, 0.25) is 5.89 Å². The van der Waals surface area contributed by atoms with Crippen molar-refractivity contribution in [2.45, 2.75) is 27.3 Å². The number of carbonyl (C=O) groups is 2. The van der Waals surface area contributed by atoms with E-state index in [4.69, 9.17) is 4.52 Å². The minimum atomic E-state index is -0.551. The van der Waals surface area contributed by atoms with Crippen molar-refractivity contribution < 1.29 is 14.1 Å². The van der Waals surface area contributed by atoms with Gasteiger partial charge < -0.3 is 4.52 Å². The molecule has 1 amide bonds. The van der Waals surface area contributed by atoms with Gasteiger partial charge in [-0.2, -0.15) is 4.98 Å². The average molecular weight is 271 g/mol. The van der Waals surface area contributed by atoms with Gasteiger partial charge in [0.1, 0.15) is 6.54 Å². The molecular formula is C14H13N3O3. The van der Waals surface area contributed by atoms with Gasteiger partial charge in [-0.05, 0) is 38.0 Å². The highest BCUT2D eigenvalue weighted by atomic mass is 16.5. The summed E-state index contributed by atoms with van der Waals surface area (Å²) in [6.07, 6.45) is 0. The van der Waals surface area contributed by atoms with E-state index in [1.54, 1.807) is 13.0 Å². The molecule has 6 nitrogen and oxygen atoms in total. The third-order valence-electron chi connectivity index (χ3n) is 3.26. The zero-order valence-corrected chi connectivity index (χ0v) is 11.4. The second-order valence-electron chi connectivity index (χ2n) is 4.93. The molecule has 0 atom stereocenters. The first kappa shape index (κ1) is 12.5. The Labute approximate surface area is 115 Å². The number of amides is 1. The van der Waals surface area contributed by atoms with Gasteiger partial charge in [-0.3, -0.25) is 14.5 Å². The third-order valence-corrected chi connectivity index (χ3v) is 3.26. The number of carbonyl (C=O) groups excluding carboxylic acids is 2. The number of aryl methyl sites for hydroxylation is 3. The molecule has 1 aromatic heterocycles. The van der Waals surface area contributed by atoms with Gasteiger partial charge in [0.15, 0.2) is 5.82 Å². The molecule has 1 aliphatic rings. The van der Waals surface area contributed by atoms with Gasteiger partial charge in [-0.15, -0.1) is 0 Å². The highest BCUT2D eigenvalue weighted by molar-refractivity contribution is 6.52. The minimum absolute atomic E-state index is 0.113. The van der Waals surface area contributed by atoms with Crippen molar-refractivity contribution in [2.24, 2.45) is 0 Å². The van der Waals surface area contributed by atoms with E-state index in [0.717, 1.165) is 11.1 Å². The summed E-state index contributed by atoms with van der Waals surface area (Å²) < 4.78 is 5.02. The molecule has 0 unspecified atom stereocenters. The Kier molecular flexibility index (Phi) is 2.67. The van der Waals surface area contributed by atoms with Gasteiger partial charge in [0.05, 0.1) is 11.3 Å². The lowest BCUT2D eigenvalue weighted by Gasteiger charge is -2.16. The molecule has 0 spiro atoms. The quantitative estimate of drug-likeness (QED) is 0.777. The minimum Gasteiger partial charge on any atom is -0.337 e. The second-order valence-corrected chi connectivity index (χ2v) is 4.93. The molecule has 20 heavy (non-hydrogen) atoms. The van der Waals surface area contributed by atoms with Crippen molar-refractivity contribution in [3.05, 3.63) is 40.5 Å². The lowest BCUT2D eigenvalue weighted by molar-refractivity contribution is -0.114. The van der Waals surface area contributed by atoms with Crippen LogP contribution in [0.5, 0.6) is 0 Å². The topological polar surface area (TPSA) is 76.3 Å². The van der Waals surface area contributed by atoms with Crippen molar-refractivity contribution in [3.63, 3.8) is 0 Å². The number of rotatable bonds is 2. The Morgan fingerprint density at radius 1 is 1.20 bits per heavy atom. The summed E-state index contributed by atoms with van der Waals surface area (Å²) in [5.41, 5.74) is 2.93. The van der Waals surface area contributed by atoms with E-state index < -0.39 is 11.7 Å². The Hall–Kier alpha value is -2.50. The standard InChI is InChI=1S/C14H13N3O3/c1-7-4-8(2)12-10(5-7)13(18)14(19)17(12)6-11-15-9(3)16-20-11/h4-5H,6H2,1-3H3. The van der Waals surface area contributed by atoms with Crippen molar-refractivity contribution in [3.8, 4) is 0 Å². The van der Waals surface area contributed by atoms with E-state index >= 15 is 0 Å². The molecule has 0 fully saturated rings. The van der Waals surface area contributed by atoms with Gasteiger partial charge in [-0.25, -0.2) is 0 Å². The lowest BCUT2D eigenvalue weighted by atomic mass is 10.0. The summed E-state index contributed by atoms with van der Waals surface area (Å²) in [4.78, 5) is 29.6. The zero-order valence-electron chi connectivity index (χ0n) is 11.4. The first-order chi connectivity index (χ1) is 9.47. The van der Waals surface area contributed by atoms with E-state index in [2.05, 4.69) is 10.1 Å². The molecule has 0 bridgehead atoms. The van der Waals surface area contributed by atoms with Gasteiger partial charge in [0.25, 0.3) is 11.7 Å². The zero-order chi connectivity index (χ0) is 14.4. The maximum Gasteiger partial charge on any atom is 0.299 e. The summed E-state index contributed by atoms with van der Waals surface area (Å²) in [6, 6.07) is 3.68. The number of benzene rings is 1. The molecule has 0 radical (unpaired) electrons. The fraction of sp³-hybridized carbons (Fsp3) is 0.286. The Balaban J connectivity index is 2.06. The Morgan fingerprint density at radius 2 is 1.95 bits per heavy atom. The van der Waals surface area contributed by atoms with Crippen molar-refractivity contribution in [1.29, 1.82) is 0 Å². The molecule has 0 aliphatic carbocycles. The predicted molar refractivity (Wildman–Crippen MR) is 70.5 cm³/mol. The molecule has 1 aromatic carbocycles. The average Bonchev–Trinajstić information content (AvgIpc) is 2.88. The smallest absolute Gasteiger partial charge is 0.299 e. The first-order valence-electron chi connectivity index (χ1n) is 6.24. The molecule has 102 valence electrons. The second kappa shape index (κ2) is 4.26. The number of nitrogens with zero attached hydrogens (tertiary/aromatic N) is 3. The van der Waals surface area contributed by atoms with E-state index in [-0.39, 0.29) is 6.54 Å². The van der Waals surface area contributed by atoms with Crippen LogP contribution >= 0.6 is 0 Å². The largest absolute Gasteiger partial charge is 0.337 e. The molecule has 2 heterocycles. The molecule has 0 saturated heterocycles. The van der Waals surface area contributed by atoms with Crippen LogP contribution in [-0.4, -0.2) is 21.8 Å². The maximum absolute atomic E-state index is 12.1. The predicted octanol–water partition coefficient (Wildman–Crippen LogP) is 1.72. The van der Waals surface area contributed by atoms with E-state index in [0.29, 0.717) is 23.0 Å². The number of anilines is 1. The summed E-state index contributed by atoms with van der Waals surface area (Å²) in [5.74, 6) is -0.220. The highest BCUT2D eigenvalue weighted by Crippen LogP contribution is 2.34. The van der Waals surface area contributed by atoms with Crippen LogP contribution in [0, 0.1) is 20.8 Å². The van der Waals surface area contributed by atoms with Crippen LogP contribution in [0.1, 0.15) is 33.2 Å². The van der Waals surface area contributed by atoms with Crippen LogP contribution in [0.3, 0.4) is 0 Å². The molecule has 2 aromatic rings. The number of hydrogen-bond acceptors (Lipinski definition) is 5. The number of Topliss-reactive ketones (excluding diaryl/α,β-unsaturated/α-hetero) is 1. The number of hydrogen-bond donors (Lipinski definition) is 0. The van der Waals surface area contributed by atoms with Gasteiger partial charge in [-0.1, -0.05) is 11.2 Å². The molecule has 0 N–H and O–H groups in total. The van der Waals surface area contributed by atoms with Gasteiger partial charge >= 0.3 is 0 Å². The molecular weight excluding hydrogens is 258 g/mol. The molecule has 6 heteroatoms. The van der Waals surface area contributed by atoms with Gasteiger partial charge in [0, 0.05) is 0 Å². The van der Waals surface area contributed by atoms with Crippen LogP contribution in [-0.2, 0) is 11.3 Å². The van der Waals surface area contributed by atoms with Crippen molar-refractivity contribution >= 4 is 17.4 Å². The SMILES string of the molecule is Cc1cc(C)c2c(c1)C(=O)C(=O)N2Cc1nc(C)no1. The van der Waals surface area contributed by atoms with Crippen molar-refractivity contribution in [1.82, 2.24) is 10.1 Å². The highest BCUT2D eigenvalue weighted by Gasteiger charge is 2.37. The summed E-state index contributed by atoms with van der Waals surface area (Å²) >= 11 is 0. The first-order valence-corrected chi connectivity index (χ1v) is 6.24. The van der Waals surface area contributed by atoms with Crippen LogP contribution in [0.15, 0.2) is 16.7 Å². The van der Waals surface area contributed by atoms with E-state index in [1.165, 1.54) is 4.90 Å². The molecule has 3 rings (SSSR count). The molecule has 0 saturated carbocycles. The number of ketones is 1. The third kappa shape index (κ3) is 1.80. The summed E-state index contributed by atoms with van der Waals surface area (Å²) in [6.45, 7) is 5.59. The Morgan fingerprint density at radius 3 is 2.60 bits per heavy atom. The summed E-state index contributed by atoms with van der Waals surface area (Å²) in [5, 5.41) is 3.69. The Bertz CT molecular complexity index is 733. The lowest BCUT2D eigenvalue weighted by Crippen LogP contribution is -2.29. The molecule has 1 aliphatic heterocycles. The van der Waals surface area contributed by atoms with E-state index in [9.17, 15) is 9.59 Å². The van der Waals surface area contributed by atoms with E-state index in [1.807, 2.05) is 19.9 Å².